The molecular formula is C16H20N2O3S. The van der Waals surface area contributed by atoms with Crippen LogP contribution >= 0.6 is 12.2 Å². The zero-order chi connectivity index (χ0) is 15.4. The number of thiocarbonyl (C=S) groups is 1. The molecule has 2 fully saturated rings. The first-order chi connectivity index (χ1) is 10.7. The number of ether oxygens (including phenoxy) is 2. The zero-order valence-electron chi connectivity index (χ0n) is 12.3. The van der Waals surface area contributed by atoms with E-state index >= 15 is 0 Å². The lowest BCUT2D eigenvalue weighted by molar-refractivity contribution is -0.120. The van der Waals surface area contributed by atoms with Gasteiger partial charge in [-0.3, -0.25) is 4.79 Å². The summed E-state index contributed by atoms with van der Waals surface area (Å²) in [5, 5.41) is 6.05. The molecule has 22 heavy (non-hydrogen) atoms. The Balaban J connectivity index is 1.49. The molecular weight excluding hydrogens is 300 g/mol. The van der Waals surface area contributed by atoms with Crippen LogP contribution in [0.1, 0.15) is 25.7 Å². The van der Waals surface area contributed by atoms with E-state index in [4.69, 9.17) is 21.7 Å². The van der Waals surface area contributed by atoms with E-state index in [-0.39, 0.29) is 17.9 Å². The second-order valence-corrected chi connectivity index (χ2v) is 6.10. The quantitative estimate of drug-likeness (QED) is 0.816. The Morgan fingerprint density at radius 3 is 2.95 bits per heavy atom. The van der Waals surface area contributed by atoms with Gasteiger partial charge in [0.05, 0.1) is 6.10 Å². The van der Waals surface area contributed by atoms with Gasteiger partial charge < -0.3 is 20.1 Å². The van der Waals surface area contributed by atoms with Gasteiger partial charge in [0.2, 0.25) is 5.91 Å². The Morgan fingerprint density at radius 1 is 1.36 bits per heavy atom. The maximum Gasteiger partial charge on any atom is 0.229 e. The predicted molar refractivity (Wildman–Crippen MR) is 88.0 cm³/mol. The number of nitrogens with one attached hydrogen (secondary N) is 2. The number of carbonyl (C=O) groups is 1. The zero-order valence-corrected chi connectivity index (χ0v) is 13.2. The highest BCUT2D eigenvalue weighted by Gasteiger charge is 2.30. The molecule has 1 saturated heterocycles. The Labute approximate surface area is 135 Å². The number of carbonyl (C=O) groups excluding carboxylic acids is 1. The van der Waals surface area contributed by atoms with Crippen LogP contribution in [-0.4, -0.2) is 30.3 Å². The molecule has 1 aromatic carbocycles. The van der Waals surface area contributed by atoms with Crippen molar-refractivity contribution in [3.8, 4) is 5.75 Å². The number of benzene rings is 1. The van der Waals surface area contributed by atoms with Gasteiger partial charge in [0.15, 0.2) is 5.11 Å². The fraction of sp³-hybridized carbons (Fsp3) is 0.500. The molecule has 0 aromatic heterocycles. The van der Waals surface area contributed by atoms with Crippen molar-refractivity contribution >= 4 is 28.9 Å². The van der Waals surface area contributed by atoms with Crippen LogP contribution in [0.5, 0.6) is 5.75 Å². The molecule has 2 aliphatic rings. The maximum atomic E-state index is 11.6. The van der Waals surface area contributed by atoms with Crippen LogP contribution < -0.4 is 15.4 Å². The summed E-state index contributed by atoms with van der Waals surface area (Å²) in [6.07, 6.45) is 4.26. The Kier molecular flexibility index (Phi) is 4.90. The van der Waals surface area contributed by atoms with E-state index < -0.39 is 0 Å². The minimum atomic E-state index is 0.00304. The van der Waals surface area contributed by atoms with Crippen LogP contribution in [0.2, 0.25) is 0 Å². The van der Waals surface area contributed by atoms with Crippen molar-refractivity contribution in [2.75, 3.05) is 18.5 Å². The average molecular weight is 320 g/mol. The first-order valence-electron chi connectivity index (χ1n) is 7.67. The van der Waals surface area contributed by atoms with E-state index in [9.17, 15) is 4.79 Å². The van der Waals surface area contributed by atoms with Gasteiger partial charge in [0.1, 0.15) is 12.4 Å². The third-order valence-electron chi connectivity index (χ3n) is 3.74. The number of rotatable bonds is 5. The van der Waals surface area contributed by atoms with Crippen molar-refractivity contribution in [3.05, 3.63) is 24.3 Å². The predicted octanol–water partition coefficient (Wildman–Crippen LogP) is 2.47. The normalized spacial score (nSPS) is 20.5. The molecule has 3 rings (SSSR count). The fourth-order valence-electron chi connectivity index (χ4n) is 2.35. The van der Waals surface area contributed by atoms with Crippen molar-refractivity contribution in [2.24, 2.45) is 5.92 Å². The highest BCUT2D eigenvalue weighted by Crippen LogP contribution is 2.28. The van der Waals surface area contributed by atoms with Gasteiger partial charge in [-0.05, 0) is 50.0 Å². The maximum absolute atomic E-state index is 11.6. The van der Waals surface area contributed by atoms with Crippen LogP contribution in [0.3, 0.4) is 0 Å². The number of hydrogen-bond donors (Lipinski definition) is 2. The number of anilines is 1. The SMILES string of the molecule is O=C(NC(=S)Nc1cccc(OCC2CCCO2)c1)C1CC1. The lowest BCUT2D eigenvalue weighted by Crippen LogP contribution is -2.35. The highest BCUT2D eigenvalue weighted by molar-refractivity contribution is 7.80. The molecule has 0 radical (unpaired) electrons. The minimum Gasteiger partial charge on any atom is -0.491 e. The summed E-state index contributed by atoms with van der Waals surface area (Å²) in [6.45, 7) is 1.39. The fourth-order valence-corrected chi connectivity index (χ4v) is 2.57. The molecule has 1 aromatic rings. The summed E-state index contributed by atoms with van der Waals surface area (Å²) in [6, 6.07) is 7.53. The van der Waals surface area contributed by atoms with E-state index in [0.29, 0.717) is 11.7 Å². The molecule has 0 bridgehead atoms. The second kappa shape index (κ2) is 7.07. The highest BCUT2D eigenvalue weighted by atomic mass is 32.1. The monoisotopic (exact) mass is 320 g/mol. The molecule has 6 heteroatoms. The number of hydrogen-bond acceptors (Lipinski definition) is 4. The van der Waals surface area contributed by atoms with Gasteiger partial charge in [0, 0.05) is 24.3 Å². The van der Waals surface area contributed by atoms with Crippen molar-refractivity contribution in [1.29, 1.82) is 0 Å². The van der Waals surface area contributed by atoms with Gasteiger partial charge in [0.25, 0.3) is 0 Å². The molecule has 1 aliphatic carbocycles. The Morgan fingerprint density at radius 2 is 2.23 bits per heavy atom. The van der Waals surface area contributed by atoms with Crippen LogP contribution in [0, 0.1) is 5.92 Å². The largest absolute Gasteiger partial charge is 0.491 e. The summed E-state index contributed by atoms with van der Waals surface area (Å²) >= 11 is 5.15. The molecule has 1 atom stereocenters. The van der Waals surface area contributed by atoms with E-state index in [2.05, 4.69) is 10.6 Å². The van der Waals surface area contributed by atoms with Gasteiger partial charge in [-0.1, -0.05) is 6.07 Å². The third kappa shape index (κ3) is 4.42. The van der Waals surface area contributed by atoms with Crippen LogP contribution in [0.25, 0.3) is 0 Å². The van der Waals surface area contributed by atoms with Crippen LogP contribution in [-0.2, 0) is 9.53 Å². The Bertz CT molecular complexity index is 554. The van der Waals surface area contributed by atoms with Gasteiger partial charge >= 0.3 is 0 Å². The van der Waals surface area contributed by atoms with Gasteiger partial charge in [-0.15, -0.1) is 0 Å². The van der Waals surface area contributed by atoms with E-state index in [1.54, 1.807) is 0 Å². The molecule has 5 nitrogen and oxygen atoms in total. The molecule has 1 heterocycles. The number of amides is 1. The van der Waals surface area contributed by atoms with Crippen molar-refractivity contribution < 1.29 is 14.3 Å². The lowest BCUT2D eigenvalue weighted by Gasteiger charge is -2.13. The van der Waals surface area contributed by atoms with Gasteiger partial charge in [-0.2, -0.15) is 0 Å². The van der Waals surface area contributed by atoms with Crippen LogP contribution in [0.15, 0.2) is 24.3 Å². The molecule has 0 spiro atoms. The topological polar surface area (TPSA) is 59.6 Å². The summed E-state index contributed by atoms with van der Waals surface area (Å²) in [5.74, 6) is 0.904. The summed E-state index contributed by atoms with van der Waals surface area (Å²) in [7, 11) is 0. The first-order valence-corrected chi connectivity index (χ1v) is 8.08. The standard InChI is InChI=1S/C16H20N2O3S/c19-15(11-6-7-11)18-16(22)17-12-3-1-4-13(9-12)21-10-14-5-2-8-20-14/h1,3-4,9,11,14H,2,5-8,10H2,(H2,17,18,19,22). The molecule has 2 N–H and O–H groups in total. The molecule has 1 aliphatic heterocycles. The smallest absolute Gasteiger partial charge is 0.229 e. The third-order valence-corrected chi connectivity index (χ3v) is 3.94. The molecule has 118 valence electrons. The van der Waals surface area contributed by atoms with Crippen molar-refractivity contribution in [1.82, 2.24) is 5.32 Å². The van der Waals surface area contributed by atoms with Gasteiger partial charge in [-0.25, -0.2) is 0 Å². The molecule has 1 amide bonds. The summed E-state index contributed by atoms with van der Waals surface area (Å²) in [4.78, 5) is 11.6. The summed E-state index contributed by atoms with van der Waals surface area (Å²) < 4.78 is 11.3. The van der Waals surface area contributed by atoms with E-state index in [0.717, 1.165) is 43.7 Å². The second-order valence-electron chi connectivity index (χ2n) is 5.69. The van der Waals surface area contributed by atoms with E-state index in [1.165, 1.54) is 0 Å². The molecule has 1 unspecified atom stereocenters. The van der Waals surface area contributed by atoms with Crippen molar-refractivity contribution in [2.45, 2.75) is 31.8 Å². The molecule has 1 saturated carbocycles. The van der Waals surface area contributed by atoms with Crippen molar-refractivity contribution in [3.63, 3.8) is 0 Å². The Hall–Kier alpha value is -1.66. The lowest BCUT2D eigenvalue weighted by atomic mass is 10.2. The summed E-state index contributed by atoms with van der Waals surface area (Å²) in [5.41, 5.74) is 0.797. The minimum absolute atomic E-state index is 0.00304. The first kappa shape index (κ1) is 15.2. The average Bonchev–Trinajstić information content (AvgIpc) is 3.22. The van der Waals surface area contributed by atoms with E-state index in [1.807, 2.05) is 24.3 Å². The van der Waals surface area contributed by atoms with Crippen LogP contribution in [0.4, 0.5) is 5.69 Å².